The number of hydrogen-bond acceptors (Lipinski definition) is 5. The van der Waals surface area contributed by atoms with Gasteiger partial charge in [0.2, 0.25) is 5.90 Å². The van der Waals surface area contributed by atoms with E-state index in [1.54, 1.807) is 26.1 Å². The zero-order valence-corrected chi connectivity index (χ0v) is 18.3. The Morgan fingerprint density at radius 1 is 1.41 bits per heavy atom. The lowest BCUT2D eigenvalue weighted by Gasteiger charge is -2.15. The van der Waals surface area contributed by atoms with Gasteiger partial charge in [0.05, 0.1) is 23.9 Å². The Balaban J connectivity index is 2.59. The molecule has 0 radical (unpaired) electrons. The van der Waals surface area contributed by atoms with Crippen LogP contribution < -0.4 is 4.74 Å². The van der Waals surface area contributed by atoms with Crippen LogP contribution in [0.5, 0.6) is 5.75 Å². The third-order valence-electron chi connectivity index (χ3n) is 4.95. The summed E-state index contributed by atoms with van der Waals surface area (Å²) in [4.78, 5) is 3.57. The number of hydrogen-bond donors (Lipinski definition) is 1. The lowest BCUT2D eigenvalue weighted by molar-refractivity contribution is -0.0920. The molecular formula is C23H25F3N4O2. The van der Waals surface area contributed by atoms with E-state index in [0.717, 1.165) is 12.0 Å². The lowest BCUT2D eigenvalue weighted by Crippen LogP contribution is -2.15. The summed E-state index contributed by atoms with van der Waals surface area (Å²) in [5.41, 5.74) is 0.593. The molecule has 1 aromatic heterocycles. The van der Waals surface area contributed by atoms with Crippen LogP contribution >= 0.6 is 0 Å². The summed E-state index contributed by atoms with van der Waals surface area (Å²) < 4.78 is 46.4. The molecule has 0 amide bonds. The van der Waals surface area contributed by atoms with Crippen LogP contribution in [0.2, 0.25) is 0 Å². The Bertz CT molecular complexity index is 1080. The fourth-order valence-corrected chi connectivity index (χ4v) is 2.59. The van der Waals surface area contributed by atoms with Crippen LogP contribution in [0.1, 0.15) is 51.3 Å². The molecule has 2 aromatic rings. The number of allylic oxidation sites excluding steroid dienone is 2. The number of alkyl halides is 3. The van der Waals surface area contributed by atoms with Crippen molar-refractivity contribution in [2.24, 2.45) is 10.9 Å². The van der Waals surface area contributed by atoms with Gasteiger partial charge in [0.1, 0.15) is 11.4 Å². The first kappa shape index (κ1) is 24.9. The number of aliphatic imine (C=N–C) groups is 1. The molecule has 0 fully saturated rings. The summed E-state index contributed by atoms with van der Waals surface area (Å²) in [7, 11) is 0. The Morgan fingerprint density at radius 3 is 2.62 bits per heavy atom. The number of benzene rings is 1. The molecular weight excluding hydrogens is 421 g/mol. The highest BCUT2D eigenvalue weighted by atomic mass is 19.4. The minimum atomic E-state index is -4.72. The summed E-state index contributed by atoms with van der Waals surface area (Å²) in [5.74, 6) is -0.150. The number of halogens is 3. The molecule has 1 heterocycles. The molecule has 170 valence electrons. The van der Waals surface area contributed by atoms with Gasteiger partial charge in [0.15, 0.2) is 5.75 Å². The van der Waals surface area contributed by atoms with Crippen molar-refractivity contribution in [3.8, 4) is 17.5 Å². The Kier molecular flexibility index (Phi) is 8.00. The highest BCUT2D eigenvalue weighted by Gasteiger charge is 2.32. The van der Waals surface area contributed by atoms with E-state index in [4.69, 9.17) is 4.74 Å². The second-order valence-corrected chi connectivity index (χ2v) is 7.38. The minimum Gasteiger partial charge on any atom is -0.437 e. The molecule has 0 aliphatic rings. The van der Waals surface area contributed by atoms with Gasteiger partial charge in [-0.05, 0) is 44.4 Å². The number of nitrogens with zero attached hydrogens (tertiary/aromatic N) is 4. The van der Waals surface area contributed by atoms with Gasteiger partial charge in [-0.1, -0.05) is 26.0 Å². The summed E-state index contributed by atoms with van der Waals surface area (Å²) in [6.07, 6.45) is -0.262. The topological polar surface area (TPSA) is 83.4 Å². The van der Waals surface area contributed by atoms with Gasteiger partial charge in [0.25, 0.3) is 0 Å². The molecule has 2 rings (SSSR count). The first-order valence-corrected chi connectivity index (χ1v) is 9.94. The van der Waals surface area contributed by atoms with Gasteiger partial charge in [0, 0.05) is 17.8 Å². The number of aromatic nitrogens is 2. The smallest absolute Gasteiger partial charge is 0.432 e. The molecule has 0 bridgehead atoms. The number of nitriles is 1. The van der Waals surface area contributed by atoms with Gasteiger partial charge < -0.3 is 9.84 Å². The Hall–Kier alpha value is -3.38. The molecule has 0 spiro atoms. The second-order valence-electron chi connectivity index (χ2n) is 7.38. The summed E-state index contributed by atoms with van der Waals surface area (Å²) >= 11 is 0. The first-order valence-electron chi connectivity index (χ1n) is 9.94. The fourth-order valence-electron chi connectivity index (χ4n) is 2.59. The molecule has 1 aromatic carbocycles. The molecule has 9 heteroatoms. The number of aliphatic hydroxyl groups excluding tert-OH is 1. The van der Waals surface area contributed by atoms with Gasteiger partial charge >= 0.3 is 6.18 Å². The van der Waals surface area contributed by atoms with E-state index < -0.39 is 18.0 Å². The van der Waals surface area contributed by atoms with E-state index in [0.29, 0.717) is 11.3 Å². The van der Waals surface area contributed by atoms with E-state index in [-0.39, 0.29) is 23.1 Å². The molecule has 1 N–H and O–H groups in total. The summed E-state index contributed by atoms with van der Waals surface area (Å²) in [5, 5.41) is 23.2. The molecule has 0 saturated carbocycles. The largest absolute Gasteiger partial charge is 0.437 e. The van der Waals surface area contributed by atoms with Gasteiger partial charge in [-0.2, -0.15) is 23.5 Å². The van der Waals surface area contributed by atoms with Crippen LogP contribution in [-0.4, -0.2) is 27.0 Å². The number of ether oxygens (including phenoxy) is 1. The van der Waals surface area contributed by atoms with Crippen molar-refractivity contribution >= 4 is 5.90 Å². The van der Waals surface area contributed by atoms with Crippen molar-refractivity contribution in [2.75, 3.05) is 0 Å². The van der Waals surface area contributed by atoms with Crippen molar-refractivity contribution in [1.82, 2.24) is 9.78 Å². The number of rotatable bonds is 7. The summed E-state index contributed by atoms with van der Waals surface area (Å²) in [6.45, 7) is 10.2. The predicted octanol–water partition coefficient (Wildman–Crippen LogP) is 5.64. The van der Waals surface area contributed by atoms with Gasteiger partial charge in [-0.15, -0.1) is 0 Å². The fraction of sp³-hybridized carbons (Fsp3) is 0.348. The van der Waals surface area contributed by atoms with Crippen LogP contribution in [0.25, 0.3) is 5.69 Å². The van der Waals surface area contributed by atoms with E-state index in [1.165, 1.54) is 29.1 Å². The minimum absolute atomic E-state index is 0.0752. The number of aliphatic hydroxyl groups is 1. The summed E-state index contributed by atoms with van der Waals surface area (Å²) in [6, 6.07) is 6.43. The third-order valence-corrected chi connectivity index (χ3v) is 4.95. The Labute approximate surface area is 185 Å². The van der Waals surface area contributed by atoms with E-state index in [2.05, 4.69) is 16.7 Å². The molecule has 0 aliphatic heterocycles. The van der Waals surface area contributed by atoms with Crippen molar-refractivity contribution in [1.29, 1.82) is 5.26 Å². The molecule has 32 heavy (non-hydrogen) atoms. The van der Waals surface area contributed by atoms with E-state index in [1.807, 2.05) is 19.9 Å². The average Bonchev–Trinajstić information content (AvgIpc) is 3.22. The average molecular weight is 446 g/mol. The molecule has 0 aliphatic carbocycles. The monoisotopic (exact) mass is 446 g/mol. The Morgan fingerprint density at radius 2 is 2.09 bits per heavy atom. The maximum Gasteiger partial charge on any atom is 0.432 e. The normalized spacial score (nSPS) is 14.6. The van der Waals surface area contributed by atoms with Crippen molar-refractivity contribution < 1.29 is 23.0 Å². The molecule has 6 nitrogen and oxygen atoms in total. The lowest BCUT2D eigenvalue weighted by atomic mass is 10.00. The van der Waals surface area contributed by atoms with Crippen LogP contribution in [0.15, 0.2) is 59.5 Å². The maximum absolute atomic E-state index is 13.1. The van der Waals surface area contributed by atoms with Gasteiger partial charge in [-0.3, -0.25) is 0 Å². The van der Waals surface area contributed by atoms with Crippen LogP contribution in [0, 0.1) is 17.2 Å². The van der Waals surface area contributed by atoms with Gasteiger partial charge in [-0.25, -0.2) is 9.67 Å². The SMILES string of the molecule is C=C(N=C(/C=C(/C)[C@H](C)CC)Oc1cc(C#N)ccc1-n1cc(C(C)O)cn1)C(F)(F)F. The third kappa shape index (κ3) is 6.31. The second kappa shape index (κ2) is 10.3. The zero-order chi connectivity index (χ0) is 24.1. The van der Waals surface area contributed by atoms with Crippen molar-refractivity contribution in [3.05, 3.63) is 65.6 Å². The molecule has 0 saturated heterocycles. The van der Waals surface area contributed by atoms with E-state index in [9.17, 15) is 23.5 Å². The standard InChI is InChI=1S/C23H25F3N4O2/c1-6-14(2)15(3)9-22(29-17(5)23(24,25)26)32-21-10-18(11-27)7-8-20(21)30-13-19(12-28-30)16(4)31/h7-10,12-14,16,31H,5-6H2,1-4H3/b15-9-,29-22?/t14-,16?/m1/s1. The predicted molar refractivity (Wildman–Crippen MR) is 115 cm³/mol. The highest BCUT2D eigenvalue weighted by molar-refractivity contribution is 5.91. The highest BCUT2D eigenvalue weighted by Crippen LogP contribution is 2.29. The first-order chi connectivity index (χ1) is 15.0. The maximum atomic E-state index is 13.1. The van der Waals surface area contributed by atoms with Crippen LogP contribution in [0.3, 0.4) is 0 Å². The van der Waals surface area contributed by atoms with Crippen LogP contribution in [-0.2, 0) is 0 Å². The van der Waals surface area contributed by atoms with Crippen LogP contribution in [0.4, 0.5) is 13.2 Å². The van der Waals surface area contributed by atoms with Crippen molar-refractivity contribution in [2.45, 2.75) is 46.4 Å². The molecule has 1 unspecified atom stereocenters. The van der Waals surface area contributed by atoms with Crippen molar-refractivity contribution in [3.63, 3.8) is 0 Å². The zero-order valence-electron chi connectivity index (χ0n) is 18.3. The van der Waals surface area contributed by atoms with E-state index >= 15 is 0 Å². The quantitative estimate of drug-likeness (QED) is 0.441. The molecule has 2 atom stereocenters.